The van der Waals surface area contributed by atoms with Crippen molar-refractivity contribution in [2.24, 2.45) is 0 Å². The van der Waals surface area contributed by atoms with Gasteiger partial charge < -0.3 is 10.1 Å². The SMILES string of the molecule is COCc1nc(CNCCC(C)SC)cs1. The molecule has 0 amide bonds. The van der Waals surface area contributed by atoms with Gasteiger partial charge in [-0.1, -0.05) is 6.92 Å². The molecule has 1 heterocycles. The van der Waals surface area contributed by atoms with Crippen LogP contribution >= 0.6 is 23.1 Å². The average Bonchev–Trinajstić information content (AvgIpc) is 2.72. The van der Waals surface area contributed by atoms with Crippen LogP contribution in [0.15, 0.2) is 5.38 Å². The average molecular weight is 260 g/mol. The molecule has 0 saturated heterocycles. The van der Waals surface area contributed by atoms with E-state index < -0.39 is 0 Å². The van der Waals surface area contributed by atoms with Crippen LogP contribution in [-0.4, -0.2) is 30.1 Å². The van der Waals surface area contributed by atoms with Crippen molar-refractivity contribution in [3.8, 4) is 0 Å². The number of hydrogen-bond donors (Lipinski definition) is 1. The molecule has 0 spiro atoms. The number of thioether (sulfide) groups is 1. The lowest BCUT2D eigenvalue weighted by atomic mass is 10.3. The third kappa shape index (κ3) is 5.30. The van der Waals surface area contributed by atoms with Gasteiger partial charge in [0, 0.05) is 24.3 Å². The second-order valence-corrected chi connectivity index (χ2v) is 5.90. The molecule has 1 aromatic rings. The fraction of sp³-hybridized carbons (Fsp3) is 0.727. The number of nitrogens with zero attached hydrogens (tertiary/aromatic N) is 1. The first-order chi connectivity index (χ1) is 7.76. The van der Waals surface area contributed by atoms with E-state index in [0.717, 1.165) is 29.0 Å². The molecule has 1 aromatic heterocycles. The molecule has 92 valence electrons. The number of aromatic nitrogens is 1. The summed E-state index contributed by atoms with van der Waals surface area (Å²) in [5.41, 5.74) is 1.12. The highest BCUT2D eigenvalue weighted by atomic mass is 32.2. The van der Waals surface area contributed by atoms with Gasteiger partial charge in [-0.3, -0.25) is 0 Å². The Morgan fingerprint density at radius 1 is 1.62 bits per heavy atom. The van der Waals surface area contributed by atoms with Crippen LogP contribution < -0.4 is 5.32 Å². The molecule has 0 aliphatic heterocycles. The van der Waals surface area contributed by atoms with E-state index in [0.29, 0.717) is 6.61 Å². The summed E-state index contributed by atoms with van der Waals surface area (Å²) in [6, 6.07) is 0. The first kappa shape index (κ1) is 14.0. The van der Waals surface area contributed by atoms with Crippen molar-refractivity contribution in [3.05, 3.63) is 16.1 Å². The molecule has 3 nitrogen and oxygen atoms in total. The predicted molar refractivity (Wildman–Crippen MR) is 72.1 cm³/mol. The molecule has 1 atom stereocenters. The van der Waals surface area contributed by atoms with Gasteiger partial charge in [0.15, 0.2) is 0 Å². The largest absolute Gasteiger partial charge is 0.378 e. The minimum Gasteiger partial charge on any atom is -0.378 e. The topological polar surface area (TPSA) is 34.1 Å². The number of thiazole rings is 1. The maximum Gasteiger partial charge on any atom is 0.119 e. The highest BCUT2D eigenvalue weighted by Gasteiger charge is 2.02. The van der Waals surface area contributed by atoms with E-state index >= 15 is 0 Å². The smallest absolute Gasteiger partial charge is 0.119 e. The molecule has 0 aliphatic rings. The summed E-state index contributed by atoms with van der Waals surface area (Å²) < 4.78 is 5.04. The van der Waals surface area contributed by atoms with Gasteiger partial charge in [-0.2, -0.15) is 11.8 Å². The van der Waals surface area contributed by atoms with Crippen LogP contribution in [0.1, 0.15) is 24.0 Å². The van der Waals surface area contributed by atoms with Crippen LogP contribution in [0.25, 0.3) is 0 Å². The maximum absolute atomic E-state index is 5.04. The summed E-state index contributed by atoms with van der Waals surface area (Å²) in [5, 5.41) is 7.29. The molecule has 1 unspecified atom stereocenters. The van der Waals surface area contributed by atoms with Crippen molar-refractivity contribution in [3.63, 3.8) is 0 Å². The van der Waals surface area contributed by atoms with Crippen molar-refractivity contribution in [1.82, 2.24) is 10.3 Å². The molecule has 0 radical (unpaired) electrons. The number of ether oxygens (including phenoxy) is 1. The van der Waals surface area contributed by atoms with Gasteiger partial charge in [0.05, 0.1) is 12.3 Å². The Kier molecular flexibility index (Phi) is 7.03. The summed E-state index contributed by atoms with van der Waals surface area (Å²) in [6.45, 7) is 4.79. The van der Waals surface area contributed by atoms with Gasteiger partial charge in [0.1, 0.15) is 5.01 Å². The summed E-state index contributed by atoms with van der Waals surface area (Å²) in [6.07, 6.45) is 3.36. The zero-order chi connectivity index (χ0) is 11.8. The lowest BCUT2D eigenvalue weighted by Crippen LogP contribution is -2.17. The molecule has 0 saturated carbocycles. The summed E-state index contributed by atoms with van der Waals surface area (Å²) in [7, 11) is 1.70. The van der Waals surface area contributed by atoms with Crippen molar-refractivity contribution < 1.29 is 4.74 Å². The van der Waals surface area contributed by atoms with Gasteiger partial charge in [0.25, 0.3) is 0 Å². The first-order valence-electron chi connectivity index (χ1n) is 5.42. The van der Waals surface area contributed by atoms with Crippen LogP contribution in [0, 0.1) is 0 Å². The third-order valence-corrected chi connectivity index (χ3v) is 4.21. The van der Waals surface area contributed by atoms with E-state index in [2.05, 4.69) is 28.9 Å². The molecular weight excluding hydrogens is 240 g/mol. The lowest BCUT2D eigenvalue weighted by molar-refractivity contribution is 0.184. The fourth-order valence-corrected chi connectivity index (χ4v) is 2.38. The molecule has 0 fully saturated rings. The highest BCUT2D eigenvalue weighted by molar-refractivity contribution is 7.99. The van der Waals surface area contributed by atoms with E-state index in [4.69, 9.17) is 4.74 Å². The van der Waals surface area contributed by atoms with Gasteiger partial charge in [0.2, 0.25) is 0 Å². The molecule has 16 heavy (non-hydrogen) atoms. The van der Waals surface area contributed by atoms with Crippen molar-refractivity contribution >= 4 is 23.1 Å². The van der Waals surface area contributed by atoms with E-state index in [9.17, 15) is 0 Å². The zero-order valence-electron chi connectivity index (χ0n) is 10.2. The normalized spacial score (nSPS) is 12.9. The van der Waals surface area contributed by atoms with Crippen LogP contribution in [0.4, 0.5) is 0 Å². The second kappa shape index (κ2) is 8.06. The van der Waals surface area contributed by atoms with Crippen LogP contribution in [0.2, 0.25) is 0 Å². The molecular formula is C11H20N2OS2. The molecule has 0 aromatic carbocycles. The number of methoxy groups -OCH3 is 1. The Bertz CT molecular complexity index is 291. The minimum atomic E-state index is 0.619. The standard InChI is InChI=1S/C11H20N2OS2/c1-9(15-3)4-5-12-6-10-8-16-11(13-10)7-14-2/h8-9,12H,4-7H2,1-3H3. The van der Waals surface area contributed by atoms with E-state index in [1.54, 1.807) is 18.4 Å². The van der Waals surface area contributed by atoms with E-state index in [1.165, 1.54) is 6.42 Å². The molecule has 0 bridgehead atoms. The minimum absolute atomic E-state index is 0.619. The molecule has 5 heteroatoms. The van der Waals surface area contributed by atoms with Gasteiger partial charge in [-0.25, -0.2) is 4.98 Å². The van der Waals surface area contributed by atoms with E-state index in [1.807, 2.05) is 11.8 Å². The Balaban J connectivity index is 2.16. The van der Waals surface area contributed by atoms with Gasteiger partial charge >= 0.3 is 0 Å². The van der Waals surface area contributed by atoms with Crippen LogP contribution in [0.3, 0.4) is 0 Å². The quantitative estimate of drug-likeness (QED) is 0.728. The van der Waals surface area contributed by atoms with Crippen LogP contribution in [-0.2, 0) is 17.9 Å². The van der Waals surface area contributed by atoms with Crippen molar-refractivity contribution in [1.29, 1.82) is 0 Å². The maximum atomic E-state index is 5.04. The number of hydrogen-bond acceptors (Lipinski definition) is 5. The second-order valence-electron chi connectivity index (χ2n) is 3.68. The molecule has 1 rings (SSSR count). The number of nitrogens with one attached hydrogen (secondary N) is 1. The van der Waals surface area contributed by atoms with Crippen LogP contribution in [0.5, 0.6) is 0 Å². The molecule has 0 aliphatic carbocycles. The summed E-state index contributed by atoms with van der Waals surface area (Å²) in [5.74, 6) is 0. The van der Waals surface area contributed by atoms with Crippen molar-refractivity contribution in [2.75, 3.05) is 19.9 Å². The first-order valence-corrected chi connectivity index (χ1v) is 7.58. The molecule has 1 N–H and O–H groups in total. The third-order valence-electron chi connectivity index (χ3n) is 2.30. The Morgan fingerprint density at radius 3 is 3.12 bits per heavy atom. The monoisotopic (exact) mass is 260 g/mol. The Morgan fingerprint density at radius 2 is 2.44 bits per heavy atom. The highest BCUT2D eigenvalue weighted by Crippen LogP contribution is 2.11. The summed E-state index contributed by atoms with van der Waals surface area (Å²) in [4.78, 5) is 4.46. The van der Waals surface area contributed by atoms with Gasteiger partial charge in [-0.15, -0.1) is 11.3 Å². The lowest BCUT2D eigenvalue weighted by Gasteiger charge is -2.07. The zero-order valence-corrected chi connectivity index (χ0v) is 11.8. The summed E-state index contributed by atoms with van der Waals surface area (Å²) >= 11 is 3.57. The van der Waals surface area contributed by atoms with Gasteiger partial charge in [-0.05, 0) is 19.2 Å². The number of rotatable bonds is 8. The van der Waals surface area contributed by atoms with E-state index in [-0.39, 0.29) is 0 Å². The van der Waals surface area contributed by atoms with Crippen molar-refractivity contribution in [2.45, 2.75) is 31.7 Å². The Hall–Kier alpha value is -0.100. The Labute approximate surface area is 106 Å². The fourth-order valence-electron chi connectivity index (χ4n) is 1.26. The predicted octanol–water partition coefficient (Wildman–Crippen LogP) is 2.52.